The zero-order chi connectivity index (χ0) is 23.8. The van der Waals surface area contributed by atoms with E-state index in [-0.39, 0.29) is 17.0 Å². The average molecular weight is 486 g/mol. The molecule has 0 aromatic heterocycles. The molecular weight excluding hydrogens is 453 g/mol. The van der Waals surface area contributed by atoms with Crippen LogP contribution in [0.15, 0.2) is 48.5 Å². The largest absolute Gasteiger partial charge is 0.494 e. The molecule has 2 aliphatic rings. The molecule has 2 saturated heterocycles. The number of carbonyl (C=O) groups is 1. The van der Waals surface area contributed by atoms with E-state index in [2.05, 4.69) is 39.4 Å². The van der Waals surface area contributed by atoms with Crippen LogP contribution in [0.2, 0.25) is 5.02 Å². The van der Waals surface area contributed by atoms with Crippen molar-refractivity contribution in [2.24, 2.45) is 0 Å². The van der Waals surface area contributed by atoms with Crippen LogP contribution in [0.3, 0.4) is 0 Å². The first kappa shape index (κ1) is 24.7. The van der Waals surface area contributed by atoms with Gasteiger partial charge in [-0.2, -0.15) is 0 Å². The van der Waals surface area contributed by atoms with Crippen LogP contribution in [0.25, 0.3) is 6.08 Å². The number of rotatable bonds is 10. The van der Waals surface area contributed by atoms with Gasteiger partial charge in [0, 0.05) is 37.8 Å². The van der Waals surface area contributed by atoms with Crippen molar-refractivity contribution in [3.05, 3.63) is 70.5 Å². The normalized spacial score (nSPS) is 17.6. The molecule has 1 N–H and O–H groups in total. The number of benzene rings is 2. The Bertz CT molecular complexity index is 970. The minimum Gasteiger partial charge on any atom is -0.494 e. The van der Waals surface area contributed by atoms with Gasteiger partial charge in [-0.1, -0.05) is 35.9 Å². The van der Waals surface area contributed by atoms with Crippen LogP contribution >= 0.6 is 11.6 Å². The number of halogens is 2. The summed E-state index contributed by atoms with van der Waals surface area (Å²) in [5.74, 6) is 0.202. The molecule has 0 saturated carbocycles. The molecule has 0 radical (unpaired) electrons. The van der Waals surface area contributed by atoms with Crippen LogP contribution in [0.5, 0.6) is 5.75 Å². The predicted octanol–water partition coefficient (Wildman–Crippen LogP) is 4.86. The molecule has 2 aromatic rings. The van der Waals surface area contributed by atoms with Crippen molar-refractivity contribution in [3.8, 4) is 5.75 Å². The van der Waals surface area contributed by atoms with Crippen molar-refractivity contribution in [1.29, 1.82) is 0 Å². The maximum absolute atomic E-state index is 13.3. The van der Waals surface area contributed by atoms with Crippen molar-refractivity contribution in [2.45, 2.75) is 31.7 Å². The zero-order valence-electron chi connectivity index (χ0n) is 19.5. The summed E-state index contributed by atoms with van der Waals surface area (Å²) in [5, 5.41) is 3.01. The molecule has 7 heteroatoms. The van der Waals surface area contributed by atoms with Crippen molar-refractivity contribution in [2.75, 3.05) is 45.9 Å². The van der Waals surface area contributed by atoms with Gasteiger partial charge in [0.15, 0.2) is 0 Å². The third-order valence-electron chi connectivity index (χ3n) is 6.49. The molecule has 2 aliphatic heterocycles. The molecule has 0 unspecified atom stereocenters. The van der Waals surface area contributed by atoms with Crippen LogP contribution < -0.4 is 10.1 Å². The second kappa shape index (κ2) is 12.3. The van der Waals surface area contributed by atoms with E-state index in [9.17, 15) is 9.18 Å². The molecule has 2 fully saturated rings. The summed E-state index contributed by atoms with van der Waals surface area (Å²) in [7, 11) is 0. The van der Waals surface area contributed by atoms with Gasteiger partial charge in [-0.3, -0.25) is 9.69 Å². The summed E-state index contributed by atoms with van der Waals surface area (Å²) in [6.45, 7) is 7.09. The third kappa shape index (κ3) is 7.29. The SMILES string of the molecule is O=C(NC1CCN(C/C=C/c2ccc(OCCCN3CCC3)cc2)CC1)c1ccc(F)c(Cl)c1. The van der Waals surface area contributed by atoms with Gasteiger partial charge in [-0.15, -0.1) is 0 Å². The monoisotopic (exact) mass is 485 g/mol. The fraction of sp³-hybridized carbons (Fsp3) is 0.444. The summed E-state index contributed by atoms with van der Waals surface area (Å²) >= 11 is 5.79. The molecule has 4 rings (SSSR count). The number of amides is 1. The van der Waals surface area contributed by atoms with Gasteiger partial charge in [-0.25, -0.2) is 4.39 Å². The second-order valence-corrected chi connectivity index (χ2v) is 9.45. The molecule has 2 aromatic carbocycles. The lowest BCUT2D eigenvalue weighted by atomic mass is 10.0. The lowest BCUT2D eigenvalue weighted by Gasteiger charge is -2.31. The van der Waals surface area contributed by atoms with Gasteiger partial charge >= 0.3 is 0 Å². The molecule has 2 heterocycles. The first-order valence-corrected chi connectivity index (χ1v) is 12.5. The number of piperidine rings is 1. The van der Waals surface area contributed by atoms with Crippen LogP contribution in [-0.4, -0.2) is 67.6 Å². The number of likely N-dealkylation sites (tertiary alicyclic amines) is 2. The Kier molecular flexibility index (Phi) is 8.97. The topological polar surface area (TPSA) is 44.8 Å². The van der Waals surface area contributed by atoms with Crippen LogP contribution in [0.4, 0.5) is 4.39 Å². The lowest BCUT2D eigenvalue weighted by Crippen LogP contribution is -2.44. The van der Waals surface area contributed by atoms with E-state index in [0.717, 1.165) is 63.4 Å². The Morgan fingerprint density at radius 1 is 1.09 bits per heavy atom. The summed E-state index contributed by atoms with van der Waals surface area (Å²) in [6.07, 6.45) is 8.50. The molecule has 34 heavy (non-hydrogen) atoms. The fourth-order valence-corrected chi connectivity index (χ4v) is 4.44. The van der Waals surface area contributed by atoms with E-state index in [4.69, 9.17) is 16.3 Å². The predicted molar refractivity (Wildman–Crippen MR) is 135 cm³/mol. The maximum atomic E-state index is 13.3. The van der Waals surface area contributed by atoms with E-state index in [1.807, 2.05) is 12.1 Å². The molecule has 0 atom stereocenters. The highest BCUT2D eigenvalue weighted by Crippen LogP contribution is 2.18. The highest BCUT2D eigenvalue weighted by molar-refractivity contribution is 6.31. The Hall–Kier alpha value is -2.41. The Labute approximate surface area is 206 Å². The number of nitrogens with zero attached hydrogens (tertiary/aromatic N) is 2. The zero-order valence-corrected chi connectivity index (χ0v) is 20.3. The van der Waals surface area contributed by atoms with Crippen molar-refractivity contribution in [1.82, 2.24) is 15.1 Å². The van der Waals surface area contributed by atoms with Gasteiger partial charge in [0.25, 0.3) is 5.91 Å². The molecule has 5 nitrogen and oxygen atoms in total. The van der Waals surface area contributed by atoms with Crippen molar-refractivity contribution >= 4 is 23.6 Å². The first-order valence-electron chi connectivity index (χ1n) is 12.2. The molecule has 182 valence electrons. The summed E-state index contributed by atoms with van der Waals surface area (Å²) < 4.78 is 19.1. The number of nitrogens with one attached hydrogen (secondary N) is 1. The van der Waals surface area contributed by atoms with Gasteiger partial charge < -0.3 is 15.0 Å². The summed E-state index contributed by atoms with van der Waals surface area (Å²) in [6, 6.07) is 12.4. The molecule has 1 amide bonds. The summed E-state index contributed by atoms with van der Waals surface area (Å²) in [5.41, 5.74) is 1.55. The van der Waals surface area contributed by atoms with Crippen LogP contribution in [-0.2, 0) is 0 Å². The standard InChI is InChI=1S/C27H33ClFN3O2/c28-25-20-22(7-10-26(25)29)27(33)30-23-11-17-32(18-12-23)13-1-4-21-5-8-24(9-6-21)34-19-3-16-31-14-2-15-31/h1,4-10,20,23H,2-3,11-19H2,(H,30,33)/b4-1+. The number of carbonyl (C=O) groups excluding carboxylic acids is 1. The van der Waals surface area contributed by atoms with Crippen molar-refractivity contribution < 1.29 is 13.9 Å². The minimum atomic E-state index is -0.517. The van der Waals surface area contributed by atoms with E-state index >= 15 is 0 Å². The van der Waals surface area contributed by atoms with Crippen LogP contribution in [0, 0.1) is 5.82 Å². The number of hydrogen-bond donors (Lipinski definition) is 1. The van der Waals surface area contributed by atoms with E-state index in [1.54, 1.807) is 0 Å². The van der Waals surface area contributed by atoms with Crippen LogP contribution in [0.1, 0.15) is 41.6 Å². The van der Waals surface area contributed by atoms with Gasteiger partial charge in [0.2, 0.25) is 0 Å². The quantitative estimate of drug-likeness (QED) is 0.488. The Morgan fingerprint density at radius 2 is 1.85 bits per heavy atom. The number of ether oxygens (including phenoxy) is 1. The number of hydrogen-bond acceptors (Lipinski definition) is 4. The molecule has 0 aliphatic carbocycles. The highest BCUT2D eigenvalue weighted by Gasteiger charge is 2.21. The van der Waals surface area contributed by atoms with Gasteiger partial charge in [0.05, 0.1) is 11.6 Å². The smallest absolute Gasteiger partial charge is 0.251 e. The lowest BCUT2D eigenvalue weighted by molar-refractivity contribution is 0.0914. The van der Waals surface area contributed by atoms with Crippen molar-refractivity contribution in [3.63, 3.8) is 0 Å². The third-order valence-corrected chi connectivity index (χ3v) is 6.78. The van der Waals surface area contributed by atoms with Gasteiger partial charge in [0.1, 0.15) is 11.6 Å². The Morgan fingerprint density at radius 3 is 2.53 bits per heavy atom. The van der Waals surface area contributed by atoms with Gasteiger partial charge in [-0.05, 0) is 74.7 Å². The average Bonchev–Trinajstić information content (AvgIpc) is 2.81. The summed E-state index contributed by atoms with van der Waals surface area (Å²) in [4.78, 5) is 17.2. The molecule has 0 spiro atoms. The minimum absolute atomic E-state index is 0.0333. The molecular formula is C27H33ClFN3O2. The Balaban J connectivity index is 1.13. The fourth-order valence-electron chi connectivity index (χ4n) is 4.26. The second-order valence-electron chi connectivity index (χ2n) is 9.05. The molecule has 0 bridgehead atoms. The highest BCUT2D eigenvalue weighted by atomic mass is 35.5. The van der Waals surface area contributed by atoms with E-state index in [0.29, 0.717) is 5.56 Å². The van der Waals surface area contributed by atoms with E-state index < -0.39 is 5.82 Å². The van der Waals surface area contributed by atoms with E-state index in [1.165, 1.54) is 37.7 Å². The maximum Gasteiger partial charge on any atom is 0.251 e. The first-order chi connectivity index (χ1) is 16.6.